The van der Waals surface area contributed by atoms with Crippen LogP contribution in [0.5, 0.6) is 0 Å². The van der Waals surface area contributed by atoms with E-state index in [9.17, 15) is 0 Å². The molecule has 0 saturated heterocycles. The largest absolute Gasteiger partial charge is 0.455 e. The first kappa shape index (κ1) is 19.9. The third kappa shape index (κ3) is 3.42. The fourth-order valence-electron chi connectivity index (χ4n) is 4.78. The van der Waals surface area contributed by atoms with Crippen molar-refractivity contribution in [2.24, 2.45) is 0 Å². The molecular weight excluding hydrogens is 430 g/mol. The number of hydrogen-bond donors (Lipinski definition) is 0. The summed E-state index contributed by atoms with van der Waals surface area (Å²) in [5.74, 6) is 1.95. The minimum absolute atomic E-state index is 0.614. The van der Waals surface area contributed by atoms with E-state index in [0.29, 0.717) is 17.5 Å². The molecular formula is C31H21N3O. The smallest absolute Gasteiger partial charge is 0.167 e. The van der Waals surface area contributed by atoms with E-state index in [4.69, 9.17) is 19.4 Å². The van der Waals surface area contributed by atoms with Crippen LogP contribution in [0.25, 0.3) is 61.1 Å². The summed E-state index contributed by atoms with van der Waals surface area (Å²) in [6.45, 7) is 0. The van der Waals surface area contributed by atoms with Crippen LogP contribution in [0.3, 0.4) is 0 Å². The summed E-state index contributed by atoms with van der Waals surface area (Å²) in [4.78, 5) is 14.7. The molecule has 0 saturated carbocycles. The lowest BCUT2D eigenvalue weighted by molar-refractivity contribution is 0.670. The van der Waals surface area contributed by atoms with E-state index in [1.807, 2.05) is 48.5 Å². The first-order valence-electron chi connectivity index (χ1n) is 11.9. The number of hydrogen-bond acceptors (Lipinski definition) is 4. The van der Waals surface area contributed by atoms with Crippen LogP contribution >= 0.6 is 0 Å². The Morgan fingerprint density at radius 3 is 2.23 bits per heavy atom. The van der Waals surface area contributed by atoms with Crippen molar-refractivity contribution in [2.45, 2.75) is 12.8 Å². The maximum absolute atomic E-state index is 6.45. The van der Waals surface area contributed by atoms with Crippen LogP contribution in [0.2, 0.25) is 0 Å². The van der Waals surface area contributed by atoms with Gasteiger partial charge in [0.05, 0.1) is 5.56 Å². The molecule has 0 unspecified atom stereocenters. The van der Waals surface area contributed by atoms with Crippen molar-refractivity contribution >= 4 is 38.3 Å². The molecule has 0 fully saturated rings. The second kappa shape index (κ2) is 8.03. The molecule has 0 amide bonds. The number of fused-ring (bicyclic) bond motifs is 4. The van der Waals surface area contributed by atoms with Gasteiger partial charge in [-0.1, -0.05) is 85.0 Å². The SMILES string of the molecule is C1=CC(c2nc(-c3ccccc3)nc(-c3cccc4c3oc3cc5ccccc5cc34)n2)=CCC1. The summed E-state index contributed by atoms with van der Waals surface area (Å²) in [6, 6.07) is 28.9. The molecule has 4 heteroatoms. The third-order valence-corrected chi connectivity index (χ3v) is 6.53. The van der Waals surface area contributed by atoms with Gasteiger partial charge in [0.2, 0.25) is 0 Å². The molecule has 1 aliphatic carbocycles. The molecule has 0 N–H and O–H groups in total. The van der Waals surface area contributed by atoms with Crippen molar-refractivity contribution in [3.8, 4) is 22.8 Å². The summed E-state index contributed by atoms with van der Waals surface area (Å²) in [5, 5.41) is 4.50. The molecule has 2 heterocycles. The van der Waals surface area contributed by atoms with Crippen LogP contribution in [-0.4, -0.2) is 15.0 Å². The van der Waals surface area contributed by atoms with Gasteiger partial charge in [-0.15, -0.1) is 0 Å². The van der Waals surface area contributed by atoms with E-state index >= 15 is 0 Å². The normalized spacial score (nSPS) is 13.5. The number of allylic oxidation sites excluding steroid dienone is 4. The van der Waals surface area contributed by atoms with Gasteiger partial charge in [0.1, 0.15) is 11.2 Å². The van der Waals surface area contributed by atoms with Crippen LogP contribution in [0, 0.1) is 0 Å². The van der Waals surface area contributed by atoms with Crippen LogP contribution in [0.1, 0.15) is 18.7 Å². The van der Waals surface area contributed by atoms with Gasteiger partial charge in [0, 0.05) is 21.9 Å². The van der Waals surface area contributed by atoms with Crippen LogP contribution < -0.4 is 0 Å². The number of nitrogens with zero attached hydrogens (tertiary/aromatic N) is 3. The number of para-hydroxylation sites is 1. The Bertz CT molecular complexity index is 1800. The molecule has 6 aromatic rings. The molecule has 0 radical (unpaired) electrons. The summed E-state index contributed by atoms with van der Waals surface area (Å²) in [6.07, 6.45) is 8.50. The fourth-order valence-corrected chi connectivity index (χ4v) is 4.78. The van der Waals surface area contributed by atoms with Crippen molar-refractivity contribution in [2.75, 3.05) is 0 Å². The monoisotopic (exact) mass is 451 g/mol. The minimum Gasteiger partial charge on any atom is -0.455 e. The molecule has 1 aliphatic rings. The number of aromatic nitrogens is 3. The Kier molecular flexibility index (Phi) is 4.56. The Balaban J connectivity index is 1.48. The Morgan fingerprint density at radius 1 is 0.629 bits per heavy atom. The Hall–Kier alpha value is -4.57. The molecule has 7 rings (SSSR count). The highest BCUT2D eigenvalue weighted by atomic mass is 16.3. The molecule has 0 spiro atoms. The van der Waals surface area contributed by atoms with Gasteiger partial charge in [-0.2, -0.15) is 0 Å². The van der Waals surface area contributed by atoms with Gasteiger partial charge in [0.15, 0.2) is 17.5 Å². The molecule has 166 valence electrons. The van der Waals surface area contributed by atoms with Crippen LogP contribution in [-0.2, 0) is 0 Å². The molecule has 0 aliphatic heterocycles. The fraction of sp³-hybridized carbons (Fsp3) is 0.0645. The highest BCUT2D eigenvalue weighted by molar-refractivity contribution is 6.12. The quantitative estimate of drug-likeness (QED) is 0.274. The summed E-state index contributed by atoms with van der Waals surface area (Å²) in [7, 11) is 0. The Labute approximate surface area is 202 Å². The van der Waals surface area contributed by atoms with Crippen molar-refractivity contribution in [3.63, 3.8) is 0 Å². The zero-order valence-corrected chi connectivity index (χ0v) is 19.0. The molecule has 2 aromatic heterocycles. The second-order valence-electron chi connectivity index (χ2n) is 8.79. The standard InChI is InChI=1S/C31H21N3O/c1-3-10-20(11-4-1)29-32-30(21-12-5-2-6-13-21)34-31(33-29)25-17-9-16-24-26-18-22-14-7-8-15-23(22)19-27(26)35-28(24)25/h1,3-5,7-19H,2,6H2. The topological polar surface area (TPSA) is 51.8 Å². The van der Waals surface area contributed by atoms with E-state index in [2.05, 4.69) is 54.6 Å². The van der Waals surface area contributed by atoms with Gasteiger partial charge in [-0.05, 0) is 41.8 Å². The maximum atomic E-state index is 6.45. The second-order valence-corrected chi connectivity index (χ2v) is 8.79. The highest BCUT2D eigenvalue weighted by Crippen LogP contribution is 2.37. The van der Waals surface area contributed by atoms with E-state index in [1.165, 1.54) is 5.39 Å². The zero-order chi connectivity index (χ0) is 23.2. The number of furan rings is 1. The van der Waals surface area contributed by atoms with E-state index < -0.39 is 0 Å². The van der Waals surface area contributed by atoms with Crippen molar-refractivity contribution < 1.29 is 4.42 Å². The van der Waals surface area contributed by atoms with Gasteiger partial charge in [0.25, 0.3) is 0 Å². The lowest BCUT2D eigenvalue weighted by Crippen LogP contribution is -2.03. The molecule has 0 bridgehead atoms. The van der Waals surface area contributed by atoms with Crippen molar-refractivity contribution in [3.05, 3.63) is 109 Å². The molecule has 4 aromatic carbocycles. The maximum Gasteiger partial charge on any atom is 0.167 e. The molecule has 35 heavy (non-hydrogen) atoms. The van der Waals surface area contributed by atoms with Crippen molar-refractivity contribution in [1.29, 1.82) is 0 Å². The van der Waals surface area contributed by atoms with E-state index in [0.717, 1.165) is 56.9 Å². The Morgan fingerprint density at radius 2 is 1.40 bits per heavy atom. The molecule has 0 atom stereocenters. The predicted octanol–water partition coefficient (Wildman–Crippen LogP) is 7.99. The van der Waals surface area contributed by atoms with Gasteiger partial charge in [-0.3, -0.25) is 0 Å². The van der Waals surface area contributed by atoms with Crippen LogP contribution in [0.4, 0.5) is 0 Å². The highest BCUT2D eigenvalue weighted by Gasteiger charge is 2.18. The third-order valence-electron chi connectivity index (χ3n) is 6.53. The number of rotatable bonds is 3. The summed E-state index contributed by atoms with van der Waals surface area (Å²) >= 11 is 0. The minimum atomic E-state index is 0.614. The van der Waals surface area contributed by atoms with Gasteiger partial charge < -0.3 is 4.42 Å². The first-order chi connectivity index (χ1) is 17.3. The summed E-state index contributed by atoms with van der Waals surface area (Å²) in [5.41, 5.74) is 4.51. The average molecular weight is 452 g/mol. The number of benzene rings is 4. The van der Waals surface area contributed by atoms with Crippen LogP contribution in [0.15, 0.2) is 108 Å². The average Bonchev–Trinajstić information content (AvgIpc) is 3.30. The zero-order valence-electron chi connectivity index (χ0n) is 19.0. The first-order valence-corrected chi connectivity index (χ1v) is 11.9. The van der Waals surface area contributed by atoms with Crippen molar-refractivity contribution in [1.82, 2.24) is 15.0 Å². The van der Waals surface area contributed by atoms with Gasteiger partial charge in [-0.25, -0.2) is 15.0 Å². The van der Waals surface area contributed by atoms with E-state index in [1.54, 1.807) is 0 Å². The summed E-state index contributed by atoms with van der Waals surface area (Å²) < 4.78 is 6.45. The predicted molar refractivity (Wildman–Crippen MR) is 142 cm³/mol. The molecule has 4 nitrogen and oxygen atoms in total. The van der Waals surface area contributed by atoms with Gasteiger partial charge >= 0.3 is 0 Å². The lowest BCUT2D eigenvalue weighted by Gasteiger charge is -2.10. The lowest BCUT2D eigenvalue weighted by atomic mass is 10.0. The van der Waals surface area contributed by atoms with E-state index in [-0.39, 0.29) is 0 Å².